The van der Waals surface area contributed by atoms with Crippen LogP contribution in [0.1, 0.15) is 16.7 Å². The summed E-state index contributed by atoms with van der Waals surface area (Å²) < 4.78 is 5.45. The third-order valence-corrected chi connectivity index (χ3v) is 3.94. The van der Waals surface area contributed by atoms with Gasteiger partial charge >= 0.3 is 0 Å². The maximum absolute atomic E-state index is 6.13. The van der Waals surface area contributed by atoms with Gasteiger partial charge in [-0.25, -0.2) is 9.97 Å². The van der Waals surface area contributed by atoms with Crippen LogP contribution in [0.3, 0.4) is 0 Å². The van der Waals surface area contributed by atoms with Crippen molar-refractivity contribution in [1.82, 2.24) is 9.97 Å². The third kappa shape index (κ3) is 1.96. The Morgan fingerprint density at radius 3 is 2.81 bits per heavy atom. The number of rotatable bonds is 1. The van der Waals surface area contributed by atoms with Gasteiger partial charge in [0.25, 0.3) is 0 Å². The van der Waals surface area contributed by atoms with E-state index in [4.69, 9.17) is 10.5 Å². The van der Waals surface area contributed by atoms with Crippen LogP contribution < -0.4 is 5.73 Å². The zero-order valence-electron chi connectivity index (χ0n) is 11.8. The second-order valence-corrected chi connectivity index (χ2v) is 5.38. The Bertz CT molecular complexity index is 858. The van der Waals surface area contributed by atoms with Gasteiger partial charge in [0.15, 0.2) is 5.82 Å². The van der Waals surface area contributed by atoms with E-state index in [1.165, 1.54) is 11.1 Å². The summed E-state index contributed by atoms with van der Waals surface area (Å²) in [6, 6.07) is 12.2. The average molecular weight is 277 g/mol. The Morgan fingerprint density at radius 2 is 1.90 bits per heavy atom. The fourth-order valence-electron chi connectivity index (χ4n) is 2.83. The minimum absolute atomic E-state index is 0.532. The van der Waals surface area contributed by atoms with Gasteiger partial charge in [-0.1, -0.05) is 24.3 Å². The van der Waals surface area contributed by atoms with E-state index in [9.17, 15) is 0 Å². The monoisotopic (exact) mass is 277 g/mol. The van der Waals surface area contributed by atoms with Crippen molar-refractivity contribution in [3.63, 3.8) is 0 Å². The van der Waals surface area contributed by atoms with Gasteiger partial charge in [-0.05, 0) is 35.7 Å². The lowest BCUT2D eigenvalue weighted by Crippen LogP contribution is -1.99. The topological polar surface area (TPSA) is 61.0 Å². The minimum atomic E-state index is 0.532. The van der Waals surface area contributed by atoms with Gasteiger partial charge in [-0.15, -0.1) is 0 Å². The lowest BCUT2D eigenvalue weighted by molar-refractivity contribution is 0.134. The van der Waals surface area contributed by atoms with Crippen molar-refractivity contribution in [1.29, 1.82) is 0 Å². The van der Waals surface area contributed by atoms with Crippen molar-refractivity contribution in [2.24, 2.45) is 0 Å². The summed E-state index contributed by atoms with van der Waals surface area (Å²) in [4.78, 5) is 9.14. The van der Waals surface area contributed by atoms with Gasteiger partial charge in [0.05, 0.1) is 18.7 Å². The number of hydrogen-bond acceptors (Lipinski definition) is 4. The first-order valence-electron chi connectivity index (χ1n) is 6.95. The molecule has 0 radical (unpaired) electrons. The van der Waals surface area contributed by atoms with E-state index in [1.807, 2.05) is 31.2 Å². The fourth-order valence-corrected chi connectivity index (χ4v) is 2.83. The number of benzene rings is 2. The minimum Gasteiger partial charge on any atom is -0.383 e. The second-order valence-electron chi connectivity index (χ2n) is 5.38. The number of aryl methyl sites for hydroxylation is 1. The highest BCUT2D eigenvalue weighted by molar-refractivity contribution is 5.92. The Morgan fingerprint density at radius 1 is 1.05 bits per heavy atom. The molecule has 0 bridgehead atoms. The molecule has 2 aromatic carbocycles. The van der Waals surface area contributed by atoms with E-state index in [-0.39, 0.29) is 0 Å². The maximum Gasteiger partial charge on any atom is 0.162 e. The lowest BCUT2D eigenvalue weighted by atomic mass is 10.1. The van der Waals surface area contributed by atoms with Crippen LogP contribution in [0.5, 0.6) is 0 Å². The highest BCUT2D eigenvalue weighted by Crippen LogP contribution is 2.28. The highest BCUT2D eigenvalue weighted by Gasteiger charge is 2.14. The largest absolute Gasteiger partial charge is 0.383 e. The van der Waals surface area contributed by atoms with Crippen LogP contribution in [0.4, 0.5) is 5.82 Å². The average Bonchev–Trinajstić information content (AvgIpc) is 2.94. The SMILES string of the molecule is Cc1cccc2nc(-c3ccc4c(c3)COC4)nc(N)c12. The molecule has 0 spiro atoms. The molecule has 0 atom stereocenters. The Hall–Kier alpha value is -2.46. The molecule has 4 rings (SSSR count). The van der Waals surface area contributed by atoms with Crippen molar-refractivity contribution in [2.45, 2.75) is 20.1 Å². The molecule has 1 aliphatic heterocycles. The van der Waals surface area contributed by atoms with E-state index in [0.717, 1.165) is 22.0 Å². The standard InChI is InChI=1S/C17H15N3O/c1-10-3-2-4-14-15(10)16(18)20-17(19-14)11-5-6-12-8-21-9-13(12)7-11/h2-7H,8-9H2,1H3,(H2,18,19,20). The number of hydrogen-bond donors (Lipinski definition) is 1. The molecule has 0 fully saturated rings. The van der Waals surface area contributed by atoms with Crippen LogP contribution in [-0.4, -0.2) is 9.97 Å². The van der Waals surface area contributed by atoms with Gasteiger partial charge in [0, 0.05) is 10.9 Å². The maximum atomic E-state index is 6.13. The summed E-state index contributed by atoms with van der Waals surface area (Å²) in [5.41, 5.74) is 11.5. The van der Waals surface area contributed by atoms with E-state index < -0.39 is 0 Å². The molecule has 3 aromatic rings. The number of fused-ring (bicyclic) bond motifs is 2. The van der Waals surface area contributed by atoms with Crippen molar-refractivity contribution in [3.05, 3.63) is 53.1 Å². The number of aromatic nitrogens is 2. The quantitative estimate of drug-likeness (QED) is 0.742. The molecular formula is C17H15N3O. The Kier molecular flexibility index (Phi) is 2.65. The predicted molar refractivity (Wildman–Crippen MR) is 82.6 cm³/mol. The van der Waals surface area contributed by atoms with Crippen LogP contribution in [0.15, 0.2) is 36.4 Å². The summed E-state index contributed by atoms with van der Waals surface area (Å²) >= 11 is 0. The van der Waals surface area contributed by atoms with E-state index in [1.54, 1.807) is 0 Å². The number of ether oxygens (including phenoxy) is 1. The second kappa shape index (κ2) is 4.53. The summed E-state index contributed by atoms with van der Waals surface area (Å²) in [6.45, 7) is 3.37. The molecule has 0 aliphatic carbocycles. The van der Waals surface area contributed by atoms with Crippen molar-refractivity contribution in [3.8, 4) is 11.4 Å². The van der Waals surface area contributed by atoms with Crippen molar-refractivity contribution < 1.29 is 4.74 Å². The normalized spacial score (nSPS) is 13.6. The van der Waals surface area contributed by atoms with Crippen LogP contribution in [0.25, 0.3) is 22.3 Å². The van der Waals surface area contributed by atoms with E-state index in [2.05, 4.69) is 22.1 Å². The van der Waals surface area contributed by atoms with Crippen molar-refractivity contribution >= 4 is 16.7 Å². The zero-order chi connectivity index (χ0) is 14.4. The van der Waals surface area contributed by atoms with Crippen LogP contribution in [-0.2, 0) is 18.0 Å². The molecule has 2 heterocycles. The van der Waals surface area contributed by atoms with E-state index >= 15 is 0 Å². The zero-order valence-corrected chi connectivity index (χ0v) is 11.8. The molecule has 0 amide bonds. The Balaban J connectivity index is 1.91. The summed E-state index contributed by atoms with van der Waals surface area (Å²) in [6.07, 6.45) is 0. The molecule has 4 nitrogen and oxygen atoms in total. The smallest absolute Gasteiger partial charge is 0.162 e. The molecular weight excluding hydrogens is 262 g/mol. The van der Waals surface area contributed by atoms with Gasteiger partial charge < -0.3 is 10.5 Å². The van der Waals surface area contributed by atoms with Crippen molar-refractivity contribution in [2.75, 3.05) is 5.73 Å². The third-order valence-electron chi connectivity index (χ3n) is 3.94. The molecule has 0 saturated carbocycles. The van der Waals surface area contributed by atoms with Crippen LogP contribution >= 0.6 is 0 Å². The summed E-state index contributed by atoms with van der Waals surface area (Å²) in [7, 11) is 0. The molecule has 0 unspecified atom stereocenters. The highest BCUT2D eigenvalue weighted by atomic mass is 16.5. The lowest BCUT2D eigenvalue weighted by Gasteiger charge is -2.08. The van der Waals surface area contributed by atoms with E-state index in [0.29, 0.717) is 24.9 Å². The predicted octanol–water partition coefficient (Wildman–Crippen LogP) is 3.22. The van der Waals surface area contributed by atoms with Crippen LogP contribution in [0, 0.1) is 6.92 Å². The number of nitrogens with two attached hydrogens (primary N) is 1. The molecule has 2 N–H and O–H groups in total. The number of anilines is 1. The first-order valence-corrected chi connectivity index (χ1v) is 6.95. The van der Waals surface area contributed by atoms with Crippen LogP contribution in [0.2, 0.25) is 0 Å². The molecule has 0 saturated heterocycles. The first kappa shape index (κ1) is 12.3. The number of nitrogens with zero attached hydrogens (tertiary/aromatic N) is 2. The molecule has 1 aromatic heterocycles. The summed E-state index contributed by atoms with van der Waals surface area (Å²) in [5.74, 6) is 1.20. The van der Waals surface area contributed by atoms with Gasteiger partial charge in [0.1, 0.15) is 5.82 Å². The van der Waals surface area contributed by atoms with Gasteiger partial charge in [-0.2, -0.15) is 0 Å². The molecule has 104 valence electrons. The molecule has 21 heavy (non-hydrogen) atoms. The van der Waals surface area contributed by atoms with Gasteiger partial charge in [-0.3, -0.25) is 0 Å². The molecule has 4 heteroatoms. The summed E-state index contributed by atoms with van der Waals surface area (Å²) in [5, 5.41) is 0.936. The van der Waals surface area contributed by atoms with Gasteiger partial charge in [0.2, 0.25) is 0 Å². The first-order chi connectivity index (χ1) is 10.2. The molecule has 1 aliphatic rings. The Labute approximate surface area is 122 Å². The fraction of sp³-hybridized carbons (Fsp3) is 0.176. The number of nitrogen functional groups attached to an aromatic ring is 1.